The average Bonchev–Trinajstić information content (AvgIpc) is 2.52. The van der Waals surface area contributed by atoms with Crippen molar-refractivity contribution >= 4 is 26.5 Å². The minimum Gasteiger partial charge on any atom is -0.257 e. The van der Waals surface area contributed by atoms with Gasteiger partial charge in [-0.25, -0.2) is 8.42 Å². The lowest BCUT2D eigenvalue weighted by Gasteiger charge is -1.99. The van der Waals surface area contributed by atoms with Crippen molar-refractivity contribution in [2.75, 3.05) is 10.5 Å². The first-order chi connectivity index (χ1) is 7.07. The molecule has 7 heteroatoms. The van der Waals surface area contributed by atoms with Crippen LogP contribution in [0.1, 0.15) is 18.4 Å². The third-order valence-electron chi connectivity index (χ3n) is 1.51. The second kappa shape index (κ2) is 5.22. The molecule has 1 heterocycles. The van der Waals surface area contributed by atoms with Crippen LogP contribution in [0, 0.1) is 0 Å². The van der Waals surface area contributed by atoms with Crippen LogP contribution >= 0.6 is 11.3 Å². The first kappa shape index (κ1) is 12.1. The highest BCUT2D eigenvalue weighted by atomic mass is 32.2. The van der Waals surface area contributed by atoms with E-state index in [4.69, 9.17) is 0 Å². The van der Waals surface area contributed by atoms with Crippen molar-refractivity contribution in [2.24, 2.45) is 0 Å². The number of aryl methyl sites for hydroxylation is 1. The predicted molar refractivity (Wildman–Crippen MR) is 61.5 cm³/mol. The van der Waals surface area contributed by atoms with E-state index in [1.54, 1.807) is 0 Å². The fourth-order valence-electron chi connectivity index (χ4n) is 0.940. The van der Waals surface area contributed by atoms with Crippen molar-refractivity contribution in [3.8, 4) is 0 Å². The molecule has 0 saturated heterocycles. The molecule has 0 spiro atoms. The van der Waals surface area contributed by atoms with Gasteiger partial charge >= 0.3 is 0 Å². The highest BCUT2D eigenvalue weighted by Crippen LogP contribution is 2.17. The van der Waals surface area contributed by atoms with Crippen LogP contribution in [-0.4, -0.2) is 24.4 Å². The monoisotopic (exact) mass is 247 g/mol. The summed E-state index contributed by atoms with van der Waals surface area (Å²) < 4.78 is 25.0. The van der Waals surface area contributed by atoms with Gasteiger partial charge in [0.2, 0.25) is 15.2 Å². The molecule has 0 saturated carbocycles. The molecule has 0 radical (unpaired) electrons. The topological polar surface area (TPSA) is 72.0 Å². The first-order valence-corrected chi connectivity index (χ1v) is 6.98. The number of nitrogens with zero attached hydrogens (tertiary/aromatic N) is 2. The van der Waals surface area contributed by atoms with Gasteiger partial charge in [0.25, 0.3) is 0 Å². The Labute approximate surface area is 93.3 Å². The van der Waals surface area contributed by atoms with E-state index in [0.717, 1.165) is 17.8 Å². The number of aromatic nitrogens is 2. The molecule has 0 atom stereocenters. The molecular formula is C8H13N3O2S2. The molecule has 0 aliphatic heterocycles. The number of nitrogens with one attached hydrogen (secondary N) is 1. The van der Waals surface area contributed by atoms with Gasteiger partial charge in [0, 0.05) is 6.42 Å². The Hall–Kier alpha value is -0.950. The molecule has 0 fully saturated rings. The average molecular weight is 247 g/mol. The minimum atomic E-state index is -3.35. The van der Waals surface area contributed by atoms with Gasteiger partial charge in [0.1, 0.15) is 5.01 Å². The minimum absolute atomic E-state index is 0.115. The van der Waals surface area contributed by atoms with Crippen molar-refractivity contribution in [2.45, 2.75) is 19.8 Å². The molecule has 0 aromatic carbocycles. The van der Waals surface area contributed by atoms with Crippen LogP contribution in [0.4, 0.5) is 5.13 Å². The number of hydrogen-bond donors (Lipinski definition) is 1. The van der Waals surface area contributed by atoms with Gasteiger partial charge < -0.3 is 0 Å². The van der Waals surface area contributed by atoms with E-state index in [9.17, 15) is 8.42 Å². The van der Waals surface area contributed by atoms with E-state index < -0.39 is 10.0 Å². The molecule has 1 aromatic rings. The fraction of sp³-hybridized carbons (Fsp3) is 0.500. The molecule has 0 unspecified atom stereocenters. The zero-order chi connectivity index (χ0) is 11.3. The van der Waals surface area contributed by atoms with Gasteiger partial charge in [0.05, 0.1) is 5.75 Å². The fourth-order valence-corrected chi connectivity index (χ4v) is 2.88. The Morgan fingerprint density at radius 3 is 2.87 bits per heavy atom. The zero-order valence-corrected chi connectivity index (χ0v) is 10.1. The molecule has 0 bridgehead atoms. The van der Waals surface area contributed by atoms with E-state index in [0.29, 0.717) is 5.13 Å². The summed E-state index contributed by atoms with van der Waals surface area (Å²) in [5.74, 6) is -0.115. The summed E-state index contributed by atoms with van der Waals surface area (Å²) in [6.07, 6.45) is 3.12. The molecule has 5 nitrogen and oxygen atoms in total. The highest BCUT2D eigenvalue weighted by molar-refractivity contribution is 7.93. The molecular weight excluding hydrogens is 234 g/mol. The predicted octanol–water partition coefficient (Wildman–Crippen LogP) is 1.42. The summed E-state index contributed by atoms with van der Waals surface area (Å²) in [6.45, 7) is 5.40. The molecule has 84 valence electrons. The maximum Gasteiger partial charge on any atom is 0.238 e. The Bertz CT molecular complexity index is 425. The van der Waals surface area contributed by atoms with Crippen molar-refractivity contribution in [3.63, 3.8) is 0 Å². The molecule has 15 heavy (non-hydrogen) atoms. The maximum absolute atomic E-state index is 11.3. The summed E-state index contributed by atoms with van der Waals surface area (Å²) in [5.41, 5.74) is 0. The van der Waals surface area contributed by atoms with Crippen molar-refractivity contribution in [1.29, 1.82) is 0 Å². The second-order valence-electron chi connectivity index (χ2n) is 2.92. The van der Waals surface area contributed by atoms with Crippen LogP contribution < -0.4 is 4.72 Å². The molecule has 1 N–H and O–H groups in total. The molecule has 1 rings (SSSR count). The first-order valence-electron chi connectivity index (χ1n) is 4.51. The third-order valence-corrected chi connectivity index (χ3v) is 3.72. The van der Waals surface area contributed by atoms with Crippen LogP contribution in [0.3, 0.4) is 0 Å². The van der Waals surface area contributed by atoms with Crippen LogP contribution in [0.5, 0.6) is 0 Å². The zero-order valence-electron chi connectivity index (χ0n) is 8.43. The quantitative estimate of drug-likeness (QED) is 0.772. The Morgan fingerprint density at radius 2 is 2.27 bits per heavy atom. The SMILES string of the molecule is C=CCS(=O)(=O)Nc1nnc(CCC)s1. The Kier molecular flexibility index (Phi) is 4.22. The number of anilines is 1. The van der Waals surface area contributed by atoms with Gasteiger partial charge in [0.15, 0.2) is 0 Å². The van der Waals surface area contributed by atoms with Gasteiger partial charge in [-0.2, -0.15) is 0 Å². The summed E-state index contributed by atoms with van der Waals surface area (Å²) in [5, 5.41) is 8.77. The molecule has 0 aliphatic rings. The standard InChI is InChI=1S/C8H13N3O2S2/c1-3-5-7-9-10-8(14-7)11-15(12,13)6-4-2/h4H,2-3,5-6H2,1H3,(H,10,11). The number of rotatable bonds is 6. The van der Waals surface area contributed by atoms with E-state index >= 15 is 0 Å². The van der Waals surface area contributed by atoms with E-state index in [2.05, 4.69) is 21.5 Å². The summed E-state index contributed by atoms with van der Waals surface area (Å²) >= 11 is 1.26. The summed E-state index contributed by atoms with van der Waals surface area (Å²) in [6, 6.07) is 0. The van der Waals surface area contributed by atoms with Crippen molar-refractivity contribution in [1.82, 2.24) is 10.2 Å². The third kappa shape index (κ3) is 3.96. The van der Waals surface area contributed by atoms with Crippen molar-refractivity contribution in [3.05, 3.63) is 17.7 Å². The van der Waals surface area contributed by atoms with Crippen LogP contribution in [0.15, 0.2) is 12.7 Å². The lowest BCUT2D eigenvalue weighted by atomic mass is 10.4. The van der Waals surface area contributed by atoms with Gasteiger partial charge in [-0.05, 0) is 6.42 Å². The normalized spacial score (nSPS) is 11.3. The van der Waals surface area contributed by atoms with E-state index in [1.807, 2.05) is 6.92 Å². The van der Waals surface area contributed by atoms with Gasteiger partial charge in [-0.1, -0.05) is 24.3 Å². The second-order valence-corrected chi connectivity index (χ2v) is 5.75. The highest BCUT2D eigenvalue weighted by Gasteiger charge is 2.11. The van der Waals surface area contributed by atoms with Crippen molar-refractivity contribution < 1.29 is 8.42 Å². The summed E-state index contributed by atoms with van der Waals surface area (Å²) in [7, 11) is -3.35. The number of sulfonamides is 1. The summed E-state index contributed by atoms with van der Waals surface area (Å²) in [4.78, 5) is 0. The van der Waals surface area contributed by atoms with E-state index in [-0.39, 0.29) is 5.75 Å². The lowest BCUT2D eigenvalue weighted by molar-refractivity contribution is 0.604. The maximum atomic E-state index is 11.3. The van der Waals surface area contributed by atoms with E-state index in [1.165, 1.54) is 17.4 Å². The van der Waals surface area contributed by atoms with Crippen LogP contribution in [-0.2, 0) is 16.4 Å². The van der Waals surface area contributed by atoms with Gasteiger partial charge in [-0.3, -0.25) is 4.72 Å². The Morgan fingerprint density at radius 1 is 1.53 bits per heavy atom. The molecule has 1 aromatic heterocycles. The lowest BCUT2D eigenvalue weighted by Crippen LogP contribution is -2.14. The molecule has 0 amide bonds. The van der Waals surface area contributed by atoms with Crippen LogP contribution in [0.25, 0.3) is 0 Å². The van der Waals surface area contributed by atoms with Gasteiger partial charge in [-0.15, -0.1) is 16.8 Å². The largest absolute Gasteiger partial charge is 0.257 e. The molecule has 0 aliphatic carbocycles. The van der Waals surface area contributed by atoms with Crippen LogP contribution in [0.2, 0.25) is 0 Å². The Balaban J connectivity index is 2.68. The smallest absolute Gasteiger partial charge is 0.238 e. The number of hydrogen-bond acceptors (Lipinski definition) is 5.